The van der Waals surface area contributed by atoms with Crippen LogP contribution in [0.15, 0.2) is 34.7 Å². The number of ether oxygens (including phenoxy) is 1. The number of rotatable bonds is 5. The van der Waals surface area contributed by atoms with Gasteiger partial charge >= 0.3 is 5.97 Å². The first-order valence-corrected chi connectivity index (χ1v) is 7.31. The lowest BCUT2D eigenvalue weighted by molar-refractivity contribution is 0.0692. The monoisotopic (exact) mass is 310 g/mol. The van der Waals surface area contributed by atoms with Gasteiger partial charge in [0.15, 0.2) is 0 Å². The molecule has 98 valence electrons. The quantitative estimate of drug-likeness (QED) is 0.845. The van der Waals surface area contributed by atoms with Gasteiger partial charge in [0.1, 0.15) is 17.9 Å². The van der Waals surface area contributed by atoms with Crippen LogP contribution in [0.5, 0.6) is 5.75 Å². The summed E-state index contributed by atoms with van der Waals surface area (Å²) in [6.45, 7) is 0.0662. The van der Waals surface area contributed by atoms with Gasteiger partial charge in [-0.15, -0.1) is 0 Å². The van der Waals surface area contributed by atoms with Crippen molar-refractivity contribution in [1.29, 1.82) is 0 Å². The fourth-order valence-corrected chi connectivity index (χ4v) is 1.98. The number of carboxylic acid groups (broad SMARTS) is 1. The van der Waals surface area contributed by atoms with Crippen LogP contribution in [-0.2, 0) is 9.05 Å². The van der Waals surface area contributed by atoms with Gasteiger partial charge in [0.25, 0.3) is 9.05 Å². The summed E-state index contributed by atoms with van der Waals surface area (Å²) in [6, 6.07) is 3.32. The van der Waals surface area contributed by atoms with E-state index in [0.717, 1.165) is 12.1 Å². The molecular formula is C10H8Cl2O5S. The first kappa shape index (κ1) is 14.8. The predicted molar refractivity (Wildman–Crippen MR) is 66.9 cm³/mol. The van der Waals surface area contributed by atoms with Crippen LogP contribution in [-0.4, -0.2) is 26.1 Å². The Bertz CT molecular complexity index is 580. The van der Waals surface area contributed by atoms with Gasteiger partial charge < -0.3 is 9.84 Å². The van der Waals surface area contributed by atoms with Crippen LogP contribution in [0.25, 0.3) is 0 Å². The maximum Gasteiger partial charge on any atom is 0.339 e. The average Bonchev–Trinajstić information content (AvgIpc) is 2.28. The largest absolute Gasteiger partial charge is 0.489 e. The first-order valence-electron chi connectivity index (χ1n) is 4.56. The zero-order chi connectivity index (χ0) is 13.8. The molecule has 0 aliphatic heterocycles. The maximum atomic E-state index is 11.1. The standard InChI is InChI=1S/C10H8Cl2O5S/c11-4-1-5-17-9-3-2-7(18(12,15)16)6-8(9)10(13)14/h1-4,6H,5H2,(H,13,14)/b4-1+. The predicted octanol–water partition coefficient (Wildman–Crippen LogP) is 2.44. The van der Waals surface area contributed by atoms with Gasteiger partial charge in [-0.25, -0.2) is 13.2 Å². The molecule has 0 heterocycles. The summed E-state index contributed by atoms with van der Waals surface area (Å²) >= 11 is 5.28. The Morgan fingerprint density at radius 3 is 2.61 bits per heavy atom. The number of hydrogen-bond acceptors (Lipinski definition) is 4. The van der Waals surface area contributed by atoms with Gasteiger partial charge in [-0.05, 0) is 24.3 Å². The van der Waals surface area contributed by atoms with E-state index in [9.17, 15) is 13.2 Å². The molecule has 0 unspecified atom stereocenters. The number of carboxylic acids is 1. The molecule has 0 aliphatic rings. The minimum atomic E-state index is -3.98. The second-order valence-corrected chi connectivity index (χ2v) is 5.89. The van der Waals surface area contributed by atoms with Crippen molar-refractivity contribution in [2.45, 2.75) is 4.90 Å². The second-order valence-electron chi connectivity index (χ2n) is 3.07. The van der Waals surface area contributed by atoms with Crippen LogP contribution in [0, 0.1) is 0 Å². The molecule has 0 aromatic heterocycles. The van der Waals surface area contributed by atoms with E-state index in [-0.39, 0.29) is 22.8 Å². The third-order valence-corrected chi connectivity index (χ3v) is 3.42. The molecule has 0 bridgehead atoms. The molecule has 0 radical (unpaired) electrons. The summed E-state index contributed by atoms with van der Waals surface area (Å²) < 4.78 is 27.3. The van der Waals surface area contributed by atoms with Crippen molar-refractivity contribution in [2.75, 3.05) is 6.61 Å². The van der Waals surface area contributed by atoms with Gasteiger partial charge in [-0.1, -0.05) is 11.6 Å². The third kappa shape index (κ3) is 3.90. The van der Waals surface area contributed by atoms with Gasteiger partial charge in [0.05, 0.1) is 4.90 Å². The number of benzene rings is 1. The summed E-state index contributed by atoms with van der Waals surface area (Å²) in [7, 11) is 1.14. The molecule has 1 aromatic rings. The molecule has 18 heavy (non-hydrogen) atoms. The molecule has 0 aliphatic carbocycles. The molecule has 0 spiro atoms. The molecule has 0 saturated carbocycles. The fourth-order valence-electron chi connectivity index (χ4n) is 1.13. The van der Waals surface area contributed by atoms with Crippen molar-refractivity contribution in [3.63, 3.8) is 0 Å². The Balaban J connectivity index is 3.17. The van der Waals surface area contributed by atoms with Crippen molar-refractivity contribution in [3.05, 3.63) is 35.4 Å². The van der Waals surface area contributed by atoms with E-state index in [4.69, 9.17) is 32.1 Å². The number of aromatic carboxylic acids is 1. The van der Waals surface area contributed by atoms with Crippen molar-refractivity contribution < 1.29 is 23.1 Å². The lowest BCUT2D eigenvalue weighted by Crippen LogP contribution is -2.05. The van der Waals surface area contributed by atoms with Crippen LogP contribution < -0.4 is 4.74 Å². The van der Waals surface area contributed by atoms with Gasteiger partial charge in [-0.3, -0.25) is 0 Å². The Morgan fingerprint density at radius 2 is 2.11 bits per heavy atom. The van der Waals surface area contributed by atoms with Crippen molar-refractivity contribution >= 4 is 37.3 Å². The lowest BCUT2D eigenvalue weighted by atomic mass is 10.2. The SMILES string of the molecule is O=C(O)c1cc(S(=O)(=O)Cl)ccc1OC/C=C/Cl. The highest BCUT2D eigenvalue weighted by Gasteiger charge is 2.17. The smallest absolute Gasteiger partial charge is 0.339 e. The molecule has 0 atom stereocenters. The second kappa shape index (κ2) is 6.08. The Kier molecular flexibility index (Phi) is 5.01. The van der Waals surface area contributed by atoms with Crippen LogP contribution in [0.3, 0.4) is 0 Å². The molecular weight excluding hydrogens is 303 g/mol. The normalized spacial score (nSPS) is 11.7. The first-order chi connectivity index (χ1) is 8.36. The summed E-state index contributed by atoms with van der Waals surface area (Å²) in [4.78, 5) is 10.7. The van der Waals surface area contributed by atoms with Gasteiger partial charge in [-0.2, -0.15) is 0 Å². The van der Waals surface area contributed by atoms with E-state index < -0.39 is 15.0 Å². The van der Waals surface area contributed by atoms with Crippen molar-refractivity contribution in [2.24, 2.45) is 0 Å². The van der Waals surface area contributed by atoms with E-state index in [0.29, 0.717) is 0 Å². The molecule has 8 heteroatoms. The Morgan fingerprint density at radius 1 is 1.44 bits per heavy atom. The fraction of sp³-hybridized carbons (Fsp3) is 0.100. The molecule has 5 nitrogen and oxygen atoms in total. The molecule has 0 fully saturated rings. The topological polar surface area (TPSA) is 80.7 Å². The van der Waals surface area contributed by atoms with E-state index >= 15 is 0 Å². The average molecular weight is 311 g/mol. The van der Waals surface area contributed by atoms with Crippen LogP contribution in [0.4, 0.5) is 0 Å². The van der Waals surface area contributed by atoms with E-state index in [1.54, 1.807) is 0 Å². The highest BCUT2D eigenvalue weighted by atomic mass is 35.7. The molecule has 1 N–H and O–H groups in total. The molecule has 1 rings (SSSR count). The van der Waals surface area contributed by atoms with Crippen LogP contribution in [0.1, 0.15) is 10.4 Å². The summed E-state index contributed by atoms with van der Waals surface area (Å²) in [6.07, 6.45) is 1.46. The third-order valence-electron chi connectivity index (χ3n) is 1.89. The van der Waals surface area contributed by atoms with Crippen LogP contribution >= 0.6 is 22.3 Å². The number of carbonyl (C=O) groups is 1. The number of halogens is 2. The summed E-state index contributed by atoms with van der Waals surface area (Å²) in [5, 5.41) is 8.95. The molecule has 0 saturated heterocycles. The van der Waals surface area contributed by atoms with E-state index in [2.05, 4.69) is 0 Å². The maximum absolute atomic E-state index is 11.1. The minimum absolute atomic E-state index is 0.0290. The lowest BCUT2D eigenvalue weighted by Gasteiger charge is -2.08. The van der Waals surface area contributed by atoms with Gasteiger partial charge in [0, 0.05) is 16.2 Å². The van der Waals surface area contributed by atoms with Crippen molar-refractivity contribution in [3.8, 4) is 5.75 Å². The number of hydrogen-bond donors (Lipinski definition) is 1. The summed E-state index contributed by atoms with van der Waals surface area (Å²) in [5.74, 6) is -1.29. The van der Waals surface area contributed by atoms with E-state index in [1.807, 2.05) is 0 Å². The zero-order valence-electron chi connectivity index (χ0n) is 8.84. The summed E-state index contributed by atoms with van der Waals surface area (Å²) in [5.41, 5.74) is 0.928. The van der Waals surface area contributed by atoms with Crippen molar-refractivity contribution in [1.82, 2.24) is 0 Å². The van der Waals surface area contributed by atoms with Gasteiger partial charge in [0.2, 0.25) is 0 Å². The zero-order valence-corrected chi connectivity index (χ0v) is 11.2. The Labute approximate surface area is 113 Å². The highest BCUT2D eigenvalue weighted by molar-refractivity contribution is 8.13. The Hall–Kier alpha value is -1.24. The minimum Gasteiger partial charge on any atom is -0.489 e. The highest BCUT2D eigenvalue weighted by Crippen LogP contribution is 2.24. The van der Waals surface area contributed by atoms with E-state index in [1.165, 1.54) is 17.7 Å². The molecule has 0 amide bonds. The molecule has 1 aromatic carbocycles. The van der Waals surface area contributed by atoms with Crippen LogP contribution in [0.2, 0.25) is 0 Å².